The second kappa shape index (κ2) is 6.71. The van der Waals surface area contributed by atoms with E-state index in [2.05, 4.69) is 38.1 Å². The van der Waals surface area contributed by atoms with Crippen LogP contribution >= 0.6 is 34.2 Å². The third-order valence-electron chi connectivity index (χ3n) is 3.14. The van der Waals surface area contributed by atoms with Gasteiger partial charge in [-0.3, -0.25) is 14.2 Å². The maximum absolute atomic E-state index is 12.2. The number of hydrogen-bond donors (Lipinski definition) is 1. The summed E-state index contributed by atoms with van der Waals surface area (Å²) < 4.78 is 4.15. The number of aromatic nitrogens is 4. The Balaban J connectivity index is 1.68. The summed E-state index contributed by atoms with van der Waals surface area (Å²) in [6.45, 7) is 0.605. The van der Waals surface area contributed by atoms with E-state index in [9.17, 15) is 4.79 Å². The predicted molar refractivity (Wildman–Crippen MR) is 96.7 cm³/mol. The summed E-state index contributed by atoms with van der Waals surface area (Å²) in [5, 5.41) is 11.9. The van der Waals surface area contributed by atoms with Gasteiger partial charge in [-0.15, -0.1) is 0 Å². The molecule has 0 unspecified atom stereocenters. The van der Waals surface area contributed by atoms with Crippen LogP contribution in [0.25, 0.3) is 0 Å². The molecule has 0 spiro atoms. The third-order valence-corrected chi connectivity index (χ3v) is 4.18. The first kappa shape index (κ1) is 16.0. The van der Waals surface area contributed by atoms with Gasteiger partial charge in [0.05, 0.1) is 10.1 Å². The van der Waals surface area contributed by atoms with Gasteiger partial charge in [-0.25, -0.2) is 0 Å². The van der Waals surface area contributed by atoms with Crippen molar-refractivity contribution in [2.75, 3.05) is 5.32 Å². The largest absolute Gasteiger partial charge is 0.304 e. The van der Waals surface area contributed by atoms with E-state index in [-0.39, 0.29) is 5.91 Å². The molecule has 2 aromatic heterocycles. The number of carbonyl (C=O) groups excluding carboxylic acids is 1. The van der Waals surface area contributed by atoms with Gasteiger partial charge in [0.2, 0.25) is 0 Å². The van der Waals surface area contributed by atoms with Gasteiger partial charge in [0.1, 0.15) is 0 Å². The summed E-state index contributed by atoms with van der Waals surface area (Å²) in [4.78, 5) is 12.2. The first-order valence-corrected chi connectivity index (χ1v) is 8.25. The molecule has 23 heavy (non-hydrogen) atoms. The van der Waals surface area contributed by atoms with Gasteiger partial charge in [-0.05, 0) is 40.3 Å². The molecule has 3 aromatic rings. The van der Waals surface area contributed by atoms with Gasteiger partial charge in [-0.2, -0.15) is 10.2 Å². The van der Waals surface area contributed by atoms with E-state index in [0.717, 1.165) is 9.13 Å². The number of amides is 1. The summed E-state index contributed by atoms with van der Waals surface area (Å²) in [5.74, 6) is 0.220. The van der Waals surface area contributed by atoms with Gasteiger partial charge in [0, 0.05) is 30.5 Å². The first-order valence-electron chi connectivity index (χ1n) is 6.79. The number of hydrogen-bond acceptors (Lipinski definition) is 3. The molecule has 1 N–H and O–H groups in total. The molecule has 0 aliphatic carbocycles. The van der Waals surface area contributed by atoms with Crippen molar-refractivity contribution in [3.63, 3.8) is 0 Å². The highest BCUT2D eigenvalue weighted by Gasteiger charge is 2.15. The summed E-state index contributed by atoms with van der Waals surface area (Å²) in [6.07, 6.45) is 3.60. The Morgan fingerprint density at radius 1 is 1.26 bits per heavy atom. The molecule has 0 saturated heterocycles. The van der Waals surface area contributed by atoms with Crippen LogP contribution in [0.5, 0.6) is 0 Å². The Labute approximate surface area is 151 Å². The van der Waals surface area contributed by atoms with E-state index in [0.29, 0.717) is 23.1 Å². The molecule has 118 valence electrons. The minimum Gasteiger partial charge on any atom is -0.304 e. The van der Waals surface area contributed by atoms with Crippen molar-refractivity contribution < 1.29 is 4.79 Å². The SMILES string of the molecule is Cn1cc(I)c(C(=O)Nc2ccn(Cc3ccc(Cl)cc3)n2)n1. The van der Waals surface area contributed by atoms with Crippen LogP contribution in [0.2, 0.25) is 5.02 Å². The number of nitrogens with zero attached hydrogens (tertiary/aromatic N) is 4. The molecular formula is C15H13ClIN5O. The number of anilines is 1. The lowest BCUT2D eigenvalue weighted by Gasteiger charge is -2.02. The highest BCUT2D eigenvalue weighted by molar-refractivity contribution is 14.1. The van der Waals surface area contributed by atoms with Crippen molar-refractivity contribution in [3.8, 4) is 0 Å². The van der Waals surface area contributed by atoms with Crippen LogP contribution in [-0.2, 0) is 13.6 Å². The van der Waals surface area contributed by atoms with Crippen molar-refractivity contribution in [2.24, 2.45) is 7.05 Å². The Morgan fingerprint density at radius 3 is 2.65 bits per heavy atom. The van der Waals surface area contributed by atoms with E-state index >= 15 is 0 Å². The van der Waals surface area contributed by atoms with Crippen LogP contribution in [0.15, 0.2) is 42.7 Å². The van der Waals surface area contributed by atoms with Gasteiger partial charge >= 0.3 is 0 Å². The average Bonchev–Trinajstić information content (AvgIpc) is 3.07. The number of nitrogens with one attached hydrogen (secondary N) is 1. The zero-order chi connectivity index (χ0) is 16.4. The van der Waals surface area contributed by atoms with Crippen molar-refractivity contribution in [1.29, 1.82) is 0 Å². The molecule has 1 aromatic carbocycles. The molecule has 0 saturated carbocycles. The van der Waals surface area contributed by atoms with E-state index in [4.69, 9.17) is 11.6 Å². The van der Waals surface area contributed by atoms with Crippen molar-refractivity contribution in [1.82, 2.24) is 19.6 Å². The summed E-state index contributed by atoms with van der Waals surface area (Å²) in [6, 6.07) is 9.32. The Bertz CT molecular complexity index is 840. The van der Waals surface area contributed by atoms with Crippen molar-refractivity contribution in [2.45, 2.75) is 6.54 Å². The minimum absolute atomic E-state index is 0.272. The van der Waals surface area contributed by atoms with Crippen LogP contribution in [0.4, 0.5) is 5.82 Å². The zero-order valence-electron chi connectivity index (χ0n) is 12.2. The first-order chi connectivity index (χ1) is 11.0. The molecule has 8 heteroatoms. The van der Waals surface area contributed by atoms with E-state index in [1.54, 1.807) is 28.7 Å². The number of halogens is 2. The molecule has 0 radical (unpaired) electrons. The molecule has 6 nitrogen and oxygen atoms in total. The van der Waals surface area contributed by atoms with Gasteiger partial charge < -0.3 is 5.32 Å². The lowest BCUT2D eigenvalue weighted by Crippen LogP contribution is -2.15. The van der Waals surface area contributed by atoms with Gasteiger partial charge in [0.15, 0.2) is 11.5 Å². The minimum atomic E-state index is -0.272. The van der Waals surface area contributed by atoms with Crippen LogP contribution in [0.3, 0.4) is 0 Å². The summed E-state index contributed by atoms with van der Waals surface area (Å²) in [5.41, 5.74) is 1.47. The molecule has 1 amide bonds. The monoisotopic (exact) mass is 441 g/mol. The average molecular weight is 442 g/mol. The fraction of sp³-hybridized carbons (Fsp3) is 0.133. The molecule has 0 aliphatic heterocycles. The van der Waals surface area contributed by atoms with Gasteiger partial charge in [-0.1, -0.05) is 23.7 Å². The summed E-state index contributed by atoms with van der Waals surface area (Å²) in [7, 11) is 1.78. The fourth-order valence-electron chi connectivity index (χ4n) is 2.08. The maximum Gasteiger partial charge on any atom is 0.278 e. The standard InChI is InChI=1S/C15H13ClIN5O/c1-21-9-12(17)14(20-21)15(23)18-13-6-7-22(19-13)8-10-2-4-11(16)5-3-10/h2-7,9H,8H2,1H3,(H,18,19,23). The Morgan fingerprint density at radius 2 is 2.00 bits per heavy atom. The fourth-order valence-corrected chi connectivity index (χ4v) is 2.96. The third kappa shape index (κ3) is 3.91. The second-order valence-electron chi connectivity index (χ2n) is 4.98. The van der Waals surface area contributed by atoms with E-state index < -0.39 is 0 Å². The Kier molecular flexibility index (Phi) is 4.67. The van der Waals surface area contributed by atoms with Crippen molar-refractivity contribution in [3.05, 3.63) is 62.6 Å². The maximum atomic E-state index is 12.2. The zero-order valence-corrected chi connectivity index (χ0v) is 15.1. The number of benzene rings is 1. The quantitative estimate of drug-likeness (QED) is 0.633. The normalized spacial score (nSPS) is 10.7. The lowest BCUT2D eigenvalue weighted by atomic mass is 10.2. The second-order valence-corrected chi connectivity index (χ2v) is 6.58. The molecule has 0 atom stereocenters. The highest BCUT2D eigenvalue weighted by Crippen LogP contribution is 2.13. The van der Waals surface area contributed by atoms with Crippen molar-refractivity contribution >= 4 is 45.9 Å². The van der Waals surface area contributed by atoms with Crippen LogP contribution in [0, 0.1) is 3.57 Å². The number of carbonyl (C=O) groups is 1. The topological polar surface area (TPSA) is 64.7 Å². The lowest BCUT2D eigenvalue weighted by molar-refractivity contribution is 0.102. The van der Waals surface area contributed by atoms with Crippen LogP contribution in [-0.4, -0.2) is 25.5 Å². The van der Waals surface area contributed by atoms with Gasteiger partial charge in [0.25, 0.3) is 5.91 Å². The molecule has 0 aliphatic rings. The molecule has 0 bridgehead atoms. The highest BCUT2D eigenvalue weighted by atomic mass is 127. The molecule has 2 heterocycles. The number of rotatable bonds is 4. The summed E-state index contributed by atoms with van der Waals surface area (Å²) >= 11 is 7.95. The number of aryl methyl sites for hydroxylation is 1. The Hall–Kier alpha value is -1.87. The molecular weight excluding hydrogens is 429 g/mol. The molecule has 3 rings (SSSR count). The van der Waals surface area contributed by atoms with Crippen LogP contribution in [0.1, 0.15) is 16.1 Å². The predicted octanol–water partition coefficient (Wildman–Crippen LogP) is 3.18. The van der Waals surface area contributed by atoms with E-state index in [1.807, 2.05) is 30.5 Å². The molecule has 0 fully saturated rings. The smallest absolute Gasteiger partial charge is 0.278 e. The van der Waals surface area contributed by atoms with Crippen LogP contribution < -0.4 is 5.32 Å². The van der Waals surface area contributed by atoms with E-state index in [1.165, 1.54) is 0 Å².